The average Bonchev–Trinajstić information content (AvgIpc) is 3.35. The Labute approximate surface area is 239 Å². The molecule has 0 atom stereocenters. The normalized spacial score (nSPS) is 11.5. The Morgan fingerprint density at radius 3 is 2.44 bits per heavy atom. The molecule has 4 heterocycles. The molecule has 1 aromatic carbocycles. The molecule has 5 aromatic rings. The van der Waals surface area contributed by atoms with E-state index >= 15 is 0 Å². The second kappa shape index (κ2) is 11.0. The molecule has 0 aliphatic rings. The molecule has 0 saturated carbocycles. The van der Waals surface area contributed by atoms with Crippen LogP contribution in [0.3, 0.4) is 0 Å². The minimum atomic E-state index is -2.89. The van der Waals surface area contributed by atoms with Gasteiger partial charge in [0.05, 0.1) is 47.0 Å². The molecule has 0 amide bonds. The van der Waals surface area contributed by atoms with Crippen LogP contribution in [0.4, 0.5) is 13.2 Å². The summed E-state index contributed by atoms with van der Waals surface area (Å²) in [6.07, 6.45) is -1.47. The Kier molecular flexibility index (Phi) is 7.58. The van der Waals surface area contributed by atoms with Gasteiger partial charge in [0.1, 0.15) is 17.8 Å². The monoisotopic (exact) mass is 605 g/mol. The number of benzene rings is 1. The molecule has 0 aliphatic heterocycles. The fourth-order valence-electron chi connectivity index (χ4n) is 4.32. The second-order valence-corrected chi connectivity index (χ2v) is 9.88. The first-order valence-corrected chi connectivity index (χ1v) is 12.7. The second-order valence-electron chi connectivity index (χ2n) is 9.07. The molecule has 0 fully saturated rings. The van der Waals surface area contributed by atoms with Gasteiger partial charge in [0.2, 0.25) is 5.88 Å². The van der Waals surface area contributed by atoms with Gasteiger partial charge in [0.15, 0.2) is 11.3 Å². The molecule has 0 aliphatic carbocycles. The Balaban J connectivity index is 1.83. The molecule has 0 saturated heterocycles. The summed E-state index contributed by atoms with van der Waals surface area (Å²) in [5, 5.41) is 4.00. The molecule has 0 N–H and O–H groups in total. The van der Waals surface area contributed by atoms with Crippen molar-refractivity contribution < 1.29 is 17.9 Å². The number of hydrogen-bond donors (Lipinski definition) is 0. The number of halogens is 5. The minimum Gasteiger partial charge on any atom is -0.480 e. The van der Waals surface area contributed by atoms with Gasteiger partial charge in [-0.2, -0.15) is 5.10 Å². The van der Waals surface area contributed by atoms with Gasteiger partial charge in [-0.3, -0.25) is 18.6 Å². The Bertz CT molecular complexity index is 1940. The number of aryl methyl sites for hydroxylation is 2. The average molecular weight is 606 g/mol. The smallest absolute Gasteiger partial charge is 0.332 e. The molecule has 212 valence electrons. The van der Waals surface area contributed by atoms with Crippen molar-refractivity contribution in [1.29, 1.82) is 0 Å². The predicted octanol–water partition coefficient (Wildman–Crippen LogP) is 4.55. The van der Waals surface area contributed by atoms with Gasteiger partial charge in [-0.1, -0.05) is 23.2 Å². The van der Waals surface area contributed by atoms with E-state index in [-0.39, 0.29) is 57.1 Å². The standard InChI is InChI=1S/C26H20Cl2F3N7O3/c1-12-6-17(29)16(28)7-13(12)9-37-19-8-14(21-15(27)4-5-18(33-21)23(30)31)24(41-3)34-22(19)25(39)38(26(37)40)10-20-32-11-36(2)35-20/h4-8,11,23H,9-10H2,1-3H3. The Morgan fingerprint density at radius 2 is 1.78 bits per heavy atom. The highest BCUT2D eigenvalue weighted by molar-refractivity contribution is 6.33. The molecule has 10 nitrogen and oxygen atoms in total. The van der Waals surface area contributed by atoms with Crippen molar-refractivity contribution in [3.8, 4) is 17.1 Å². The summed E-state index contributed by atoms with van der Waals surface area (Å²) in [6, 6.07) is 6.31. The highest BCUT2D eigenvalue weighted by Gasteiger charge is 2.23. The topological polar surface area (TPSA) is 110 Å². The molecule has 0 spiro atoms. The Morgan fingerprint density at radius 1 is 1.02 bits per heavy atom. The van der Waals surface area contributed by atoms with Crippen LogP contribution in [-0.2, 0) is 20.1 Å². The van der Waals surface area contributed by atoms with E-state index in [1.54, 1.807) is 14.0 Å². The highest BCUT2D eigenvalue weighted by Crippen LogP contribution is 2.35. The molecule has 15 heteroatoms. The maximum atomic E-state index is 14.1. The van der Waals surface area contributed by atoms with Crippen LogP contribution in [0.2, 0.25) is 10.0 Å². The van der Waals surface area contributed by atoms with Crippen LogP contribution < -0.4 is 16.0 Å². The van der Waals surface area contributed by atoms with Crippen molar-refractivity contribution in [2.75, 3.05) is 7.11 Å². The first kappa shape index (κ1) is 28.3. The molecular weight excluding hydrogens is 586 g/mol. The van der Waals surface area contributed by atoms with E-state index in [0.717, 1.165) is 10.6 Å². The quantitative estimate of drug-likeness (QED) is 0.268. The molecular formula is C26H20Cl2F3N7O3. The third kappa shape index (κ3) is 5.30. The summed E-state index contributed by atoms with van der Waals surface area (Å²) >= 11 is 12.4. The van der Waals surface area contributed by atoms with Crippen LogP contribution >= 0.6 is 23.2 Å². The van der Waals surface area contributed by atoms with Crippen LogP contribution in [0, 0.1) is 12.7 Å². The summed E-state index contributed by atoms with van der Waals surface area (Å²) < 4.78 is 50.0. The molecule has 0 unspecified atom stereocenters. The van der Waals surface area contributed by atoms with Gasteiger partial charge < -0.3 is 4.74 Å². The largest absolute Gasteiger partial charge is 0.480 e. The fraction of sp³-hybridized carbons (Fsp3) is 0.231. The first-order chi connectivity index (χ1) is 19.5. The molecule has 0 radical (unpaired) electrons. The summed E-state index contributed by atoms with van der Waals surface area (Å²) in [7, 11) is 2.91. The maximum absolute atomic E-state index is 14.1. The molecule has 4 aromatic heterocycles. The van der Waals surface area contributed by atoms with Gasteiger partial charge in [0, 0.05) is 7.05 Å². The van der Waals surface area contributed by atoms with Gasteiger partial charge >= 0.3 is 5.69 Å². The minimum absolute atomic E-state index is 0.0125. The van der Waals surface area contributed by atoms with Crippen LogP contribution in [0.1, 0.15) is 29.1 Å². The van der Waals surface area contributed by atoms with E-state index in [0.29, 0.717) is 11.1 Å². The molecule has 5 rings (SSSR count). The zero-order chi connectivity index (χ0) is 29.6. The van der Waals surface area contributed by atoms with Crippen LogP contribution in [-0.4, -0.2) is 41.0 Å². The van der Waals surface area contributed by atoms with Crippen molar-refractivity contribution >= 4 is 34.2 Å². The number of methoxy groups -OCH3 is 1. The van der Waals surface area contributed by atoms with E-state index in [2.05, 4.69) is 20.1 Å². The van der Waals surface area contributed by atoms with Crippen LogP contribution in [0.5, 0.6) is 5.88 Å². The summed E-state index contributed by atoms with van der Waals surface area (Å²) in [5.41, 5.74) is -1.26. The summed E-state index contributed by atoms with van der Waals surface area (Å²) in [5.74, 6) is -0.573. The van der Waals surface area contributed by atoms with E-state index < -0.39 is 29.2 Å². The lowest BCUT2D eigenvalue weighted by Gasteiger charge is -2.17. The number of aromatic nitrogens is 7. The summed E-state index contributed by atoms with van der Waals surface area (Å²) in [6.45, 7) is 1.22. The van der Waals surface area contributed by atoms with Crippen LogP contribution in [0.25, 0.3) is 22.3 Å². The lowest BCUT2D eigenvalue weighted by Crippen LogP contribution is -2.41. The van der Waals surface area contributed by atoms with Crippen molar-refractivity contribution in [3.05, 3.63) is 96.0 Å². The highest BCUT2D eigenvalue weighted by atomic mass is 35.5. The van der Waals surface area contributed by atoms with Crippen molar-refractivity contribution in [3.63, 3.8) is 0 Å². The summed E-state index contributed by atoms with van der Waals surface area (Å²) in [4.78, 5) is 39.9. The lowest BCUT2D eigenvalue weighted by molar-refractivity contribution is 0.146. The third-order valence-corrected chi connectivity index (χ3v) is 6.96. The van der Waals surface area contributed by atoms with E-state index in [9.17, 15) is 22.8 Å². The number of pyridine rings is 2. The van der Waals surface area contributed by atoms with E-state index in [1.807, 2.05) is 0 Å². The van der Waals surface area contributed by atoms with E-state index in [1.165, 1.54) is 47.0 Å². The SMILES string of the molecule is COc1nc2c(=O)n(Cc3ncn(C)n3)c(=O)n(Cc3cc(Cl)c(F)cc3C)c2cc1-c1nc(C(F)F)ccc1Cl. The Hall–Kier alpha value is -4.23. The van der Waals surface area contributed by atoms with Gasteiger partial charge in [-0.25, -0.2) is 32.9 Å². The van der Waals surface area contributed by atoms with Crippen molar-refractivity contribution in [2.45, 2.75) is 26.4 Å². The van der Waals surface area contributed by atoms with Crippen molar-refractivity contribution in [2.24, 2.45) is 7.05 Å². The zero-order valence-electron chi connectivity index (χ0n) is 21.7. The number of ether oxygens (including phenoxy) is 1. The number of rotatable bonds is 7. The van der Waals surface area contributed by atoms with E-state index in [4.69, 9.17) is 27.9 Å². The predicted molar refractivity (Wildman–Crippen MR) is 145 cm³/mol. The maximum Gasteiger partial charge on any atom is 0.332 e. The fourth-order valence-corrected chi connectivity index (χ4v) is 4.72. The lowest BCUT2D eigenvalue weighted by atomic mass is 10.1. The third-order valence-electron chi connectivity index (χ3n) is 6.36. The van der Waals surface area contributed by atoms with Crippen LogP contribution in [0.15, 0.2) is 46.2 Å². The molecule has 41 heavy (non-hydrogen) atoms. The number of fused-ring (bicyclic) bond motifs is 1. The van der Waals surface area contributed by atoms with Gasteiger partial charge in [-0.05, 0) is 48.4 Å². The number of alkyl halides is 2. The first-order valence-electron chi connectivity index (χ1n) is 11.9. The molecule has 0 bridgehead atoms. The number of hydrogen-bond acceptors (Lipinski definition) is 7. The zero-order valence-corrected chi connectivity index (χ0v) is 23.2. The van der Waals surface area contributed by atoms with Crippen molar-refractivity contribution in [1.82, 2.24) is 33.9 Å². The van der Waals surface area contributed by atoms with Gasteiger partial charge in [0.25, 0.3) is 12.0 Å². The van der Waals surface area contributed by atoms with Gasteiger partial charge in [-0.15, -0.1) is 0 Å². The number of nitrogens with zero attached hydrogens (tertiary/aromatic N) is 7.